The molecule has 0 saturated carbocycles. The molecule has 128 valence electrons. The van der Waals surface area contributed by atoms with Gasteiger partial charge in [0.1, 0.15) is 0 Å². The molecule has 0 N–H and O–H groups in total. The van der Waals surface area contributed by atoms with Crippen molar-refractivity contribution in [3.05, 3.63) is 0 Å². The zero-order chi connectivity index (χ0) is 16.5. The summed E-state index contributed by atoms with van der Waals surface area (Å²) < 4.78 is 0. The topological polar surface area (TPSA) is 0 Å². The van der Waals surface area contributed by atoms with Crippen molar-refractivity contribution in [3.63, 3.8) is 0 Å². The third-order valence-electron chi connectivity index (χ3n) is 3.01. The van der Waals surface area contributed by atoms with Crippen molar-refractivity contribution < 1.29 is 0 Å². The predicted octanol–water partition coefficient (Wildman–Crippen LogP) is 6.39. The SMILES string of the molecule is ClCC(Cl)C[P+](CC(Cl)CCl)(CC(Cl)CCl)CC(Cl)CCl. The second-order valence-corrected chi connectivity index (χ2v) is 12.9. The van der Waals surface area contributed by atoms with E-state index in [0.29, 0.717) is 23.5 Å². The molecule has 0 aliphatic carbocycles. The van der Waals surface area contributed by atoms with Crippen molar-refractivity contribution in [3.8, 4) is 0 Å². The van der Waals surface area contributed by atoms with Gasteiger partial charge < -0.3 is 0 Å². The number of hydrogen-bond acceptors (Lipinski definition) is 0. The molecule has 0 heterocycles. The Labute approximate surface area is 168 Å². The molecule has 0 nitrogen and oxygen atoms in total. The van der Waals surface area contributed by atoms with Crippen LogP contribution in [0, 0.1) is 0 Å². The summed E-state index contributed by atoms with van der Waals surface area (Å²) in [5.74, 6) is 1.50. The standard InChI is InChI=1S/C12H20Cl8P/c13-1-9(17)5-21(6-10(18)2-14,7-11(19)3-15)8-12(20)4-16/h9-12H,1-8H2/q+1. The molecule has 4 unspecified atom stereocenters. The lowest BCUT2D eigenvalue weighted by atomic mass is 10.5. The lowest BCUT2D eigenvalue weighted by molar-refractivity contribution is 0.981. The van der Waals surface area contributed by atoms with Gasteiger partial charge in [0.2, 0.25) is 0 Å². The van der Waals surface area contributed by atoms with E-state index in [1.165, 1.54) is 0 Å². The molecule has 0 bridgehead atoms. The van der Waals surface area contributed by atoms with Gasteiger partial charge >= 0.3 is 0 Å². The van der Waals surface area contributed by atoms with Crippen LogP contribution in [0.15, 0.2) is 0 Å². The van der Waals surface area contributed by atoms with Crippen LogP contribution in [0.2, 0.25) is 0 Å². The molecule has 0 rings (SSSR count). The fraction of sp³-hybridized carbons (Fsp3) is 1.00. The van der Waals surface area contributed by atoms with Crippen molar-refractivity contribution in [2.45, 2.75) is 21.5 Å². The van der Waals surface area contributed by atoms with Gasteiger partial charge in [0, 0.05) is 30.8 Å². The summed E-state index contributed by atoms with van der Waals surface area (Å²) in [6.45, 7) is 0. The average Bonchev–Trinajstić information content (AvgIpc) is 2.46. The van der Waals surface area contributed by atoms with E-state index in [0.717, 1.165) is 24.6 Å². The number of hydrogen-bond donors (Lipinski definition) is 0. The monoisotopic (exact) mass is 475 g/mol. The molecule has 0 aromatic heterocycles. The largest absolute Gasteiger partial charge is 0.125 e. The number of rotatable bonds is 12. The molecule has 0 aromatic carbocycles. The van der Waals surface area contributed by atoms with E-state index in [1.54, 1.807) is 0 Å². The van der Waals surface area contributed by atoms with Crippen LogP contribution in [0.3, 0.4) is 0 Å². The Hall–Kier alpha value is 2.75. The number of alkyl halides is 8. The highest BCUT2D eigenvalue weighted by Gasteiger charge is 2.44. The van der Waals surface area contributed by atoms with Crippen LogP contribution < -0.4 is 0 Å². The van der Waals surface area contributed by atoms with E-state index in [1.807, 2.05) is 0 Å². The van der Waals surface area contributed by atoms with Crippen molar-refractivity contribution in [1.82, 2.24) is 0 Å². The van der Waals surface area contributed by atoms with Crippen molar-refractivity contribution in [1.29, 1.82) is 0 Å². The normalized spacial score (nSPS) is 20.6. The van der Waals surface area contributed by atoms with Crippen molar-refractivity contribution in [2.24, 2.45) is 0 Å². The quantitative estimate of drug-likeness (QED) is 0.225. The van der Waals surface area contributed by atoms with Gasteiger partial charge in [-0.2, -0.15) is 0 Å². The minimum atomic E-state index is -1.65. The highest BCUT2D eigenvalue weighted by molar-refractivity contribution is 7.76. The van der Waals surface area contributed by atoms with Crippen LogP contribution in [0.1, 0.15) is 0 Å². The molecule has 0 aromatic rings. The highest BCUT2D eigenvalue weighted by Crippen LogP contribution is 2.62. The van der Waals surface area contributed by atoms with E-state index < -0.39 is 7.26 Å². The predicted molar refractivity (Wildman–Crippen MR) is 108 cm³/mol. The second-order valence-electron chi connectivity index (χ2n) is 5.08. The van der Waals surface area contributed by atoms with Crippen LogP contribution in [0.25, 0.3) is 0 Å². The Bertz CT molecular complexity index is 214. The summed E-state index contributed by atoms with van der Waals surface area (Å²) in [7, 11) is -1.65. The Kier molecular flexibility index (Phi) is 14.7. The van der Waals surface area contributed by atoms with Gasteiger partial charge in [-0.1, -0.05) is 0 Å². The minimum absolute atomic E-state index is 0.141. The van der Waals surface area contributed by atoms with Gasteiger partial charge in [0.25, 0.3) is 0 Å². The van der Waals surface area contributed by atoms with Crippen LogP contribution in [0.4, 0.5) is 0 Å². The molecule has 0 aliphatic heterocycles. The van der Waals surface area contributed by atoms with Gasteiger partial charge in [-0.05, 0) is 0 Å². The van der Waals surface area contributed by atoms with Crippen LogP contribution in [0.5, 0.6) is 0 Å². The molecule has 9 heteroatoms. The first-order chi connectivity index (χ1) is 9.82. The van der Waals surface area contributed by atoms with E-state index in [4.69, 9.17) is 92.8 Å². The molecule has 0 fully saturated rings. The van der Waals surface area contributed by atoms with Crippen LogP contribution in [-0.2, 0) is 0 Å². The first-order valence-electron chi connectivity index (χ1n) is 6.47. The summed E-state index contributed by atoms with van der Waals surface area (Å²) in [4.78, 5) is 0. The molecule has 0 amide bonds. The fourth-order valence-corrected chi connectivity index (χ4v) is 11.7. The summed E-state index contributed by atoms with van der Waals surface area (Å²) in [5.41, 5.74) is 0. The first kappa shape index (κ1) is 23.8. The van der Waals surface area contributed by atoms with Gasteiger partial charge in [0.15, 0.2) is 0 Å². The summed E-state index contributed by atoms with van der Waals surface area (Å²) in [6, 6.07) is 0. The van der Waals surface area contributed by atoms with Crippen LogP contribution in [-0.4, -0.2) is 69.7 Å². The number of halogens is 8. The van der Waals surface area contributed by atoms with E-state index in [2.05, 4.69) is 0 Å². The van der Waals surface area contributed by atoms with Crippen molar-refractivity contribution in [2.75, 3.05) is 48.2 Å². The Balaban J connectivity index is 5.23. The third-order valence-corrected chi connectivity index (χ3v) is 12.1. The van der Waals surface area contributed by atoms with Gasteiger partial charge in [-0.25, -0.2) is 0 Å². The smallest absolute Gasteiger partial charge is 0.0806 e. The Morgan fingerprint density at radius 2 is 0.667 bits per heavy atom. The Morgan fingerprint density at radius 3 is 0.810 bits per heavy atom. The third kappa shape index (κ3) is 10.4. The molecule has 0 saturated heterocycles. The molecule has 21 heavy (non-hydrogen) atoms. The second kappa shape index (κ2) is 13.0. The summed E-state index contributed by atoms with van der Waals surface area (Å²) >= 11 is 48.7. The molecule has 4 atom stereocenters. The van der Waals surface area contributed by atoms with E-state index in [9.17, 15) is 0 Å². The molecular formula is C12H20Cl8P+. The molecule has 0 spiro atoms. The lowest BCUT2D eigenvalue weighted by Gasteiger charge is -2.32. The maximum absolute atomic E-state index is 6.30. The first-order valence-corrected chi connectivity index (χ1v) is 12.9. The summed E-state index contributed by atoms with van der Waals surface area (Å²) in [6.07, 6.45) is 3.05. The molecule has 0 radical (unpaired) electrons. The van der Waals surface area contributed by atoms with E-state index >= 15 is 0 Å². The van der Waals surface area contributed by atoms with Gasteiger partial charge in [-0.15, -0.1) is 92.8 Å². The minimum Gasteiger partial charge on any atom is -0.125 e. The molecular weight excluding hydrogens is 459 g/mol. The maximum atomic E-state index is 6.30. The fourth-order valence-electron chi connectivity index (χ4n) is 2.32. The lowest BCUT2D eigenvalue weighted by Crippen LogP contribution is -2.30. The van der Waals surface area contributed by atoms with Crippen molar-refractivity contribution >= 4 is 100 Å². The summed E-state index contributed by atoms with van der Waals surface area (Å²) in [5, 5.41) is -0.565. The maximum Gasteiger partial charge on any atom is 0.0806 e. The highest BCUT2D eigenvalue weighted by atomic mass is 35.5. The average molecular weight is 479 g/mol. The zero-order valence-electron chi connectivity index (χ0n) is 11.4. The van der Waals surface area contributed by atoms with Crippen LogP contribution >= 0.6 is 100 Å². The van der Waals surface area contributed by atoms with Gasteiger partial charge in [0.05, 0.1) is 46.2 Å². The Morgan fingerprint density at radius 1 is 0.476 bits per heavy atom. The van der Waals surface area contributed by atoms with Gasteiger partial charge in [-0.3, -0.25) is 0 Å². The zero-order valence-corrected chi connectivity index (χ0v) is 18.4. The molecule has 0 aliphatic rings. The van der Waals surface area contributed by atoms with E-state index in [-0.39, 0.29) is 21.5 Å².